The van der Waals surface area contributed by atoms with Gasteiger partial charge in [0.1, 0.15) is 10.4 Å². The van der Waals surface area contributed by atoms with E-state index < -0.39 is 16.7 Å². The van der Waals surface area contributed by atoms with E-state index in [0.29, 0.717) is 33.6 Å². The van der Waals surface area contributed by atoms with Crippen LogP contribution in [-0.4, -0.2) is 33.8 Å². The van der Waals surface area contributed by atoms with Crippen molar-refractivity contribution in [2.24, 2.45) is 0 Å². The number of anilines is 1. The summed E-state index contributed by atoms with van der Waals surface area (Å²) in [6.45, 7) is 3.96. The average molecular weight is 523 g/mol. The monoisotopic (exact) mass is 522 g/mol. The Kier molecular flexibility index (Phi) is 8.07. The highest BCUT2D eigenvalue weighted by Gasteiger charge is 2.23. The fraction of sp³-hybridized carbons (Fsp3) is 0.231. The molecular formula is C26H26N4O4S2. The Morgan fingerprint density at radius 1 is 1.14 bits per heavy atom. The van der Waals surface area contributed by atoms with Crippen LogP contribution in [0.5, 0.6) is 5.75 Å². The maximum Gasteiger partial charge on any atom is 0.291 e. The normalized spacial score (nSPS) is 11.8. The number of fused-ring (bicyclic) bond motifs is 1. The zero-order valence-corrected chi connectivity index (χ0v) is 21.7. The van der Waals surface area contributed by atoms with Crippen molar-refractivity contribution in [3.63, 3.8) is 0 Å². The molecule has 4 aromatic rings. The predicted molar refractivity (Wildman–Crippen MR) is 145 cm³/mol. The van der Waals surface area contributed by atoms with Crippen LogP contribution >= 0.6 is 23.1 Å². The van der Waals surface area contributed by atoms with Gasteiger partial charge in [0.05, 0.1) is 17.9 Å². The number of benzene rings is 2. The molecule has 0 saturated carbocycles. The number of hydrogen-bond donors (Lipinski definition) is 2. The van der Waals surface area contributed by atoms with Crippen LogP contribution in [-0.2, 0) is 11.2 Å². The lowest BCUT2D eigenvalue weighted by Crippen LogP contribution is -2.35. The Labute approximate surface area is 216 Å². The van der Waals surface area contributed by atoms with Crippen LogP contribution < -0.4 is 21.0 Å². The summed E-state index contributed by atoms with van der Waals surface area (Å²) in [6.07, 6.45) is 1.41. The van der Waals surface area contributed by atoms with Gasteiger partial charge in [0.25, 0.3) is 11.5 Å². The summed E-state index contributed by atoms with van der Waals surface area (Å²) in [5, 5.41) is 4.39. The highest BCUT2D eigenvalue weighted by Crippen LogP contribution is 2.27. The van der Waals surface area contributed by atoms with Gasteiger partial charge in [-0.1, -0.05) is 43.8 Å². The number of aryl methyl sites for hydroxylation is 1. The summed E-state index contributed by atoms with van der Waals surface area (Å²) in [7, 11) is 1.51. The lowest BCUT2D eigenvalue weighted by Gasteiger charge is -2.18. The number of hydrogen-bond acceptors (Lipinski definition) is 7. The van der Waals surface area contributed by atoms with Crippen molar-refractivity contribution in [2.45, 2.75) is 37.1 Å². The number of thiophene rings is 1. The first-order valence-electron chi connectivity index (χ1n) is 11.5. The minimum atomic E-state index is -0.543. The van der Waals surface area contributed by atoms with Gasteiger partial charge in [0.15, 0.2) is 5.16 Å². The van der Waals surface area contributed by atoms with Crippen LogP contribution in [0.15, 0.2) is 69.9 Å². The fourth-order valence-electron chi connectivity index (χ4n) is 3.50. The molecule has 0 spiro atoms. The highest BCUT2D eigenvalue weighted by atomic mass is 32.2. The number of carbonyl (C=O) groups excluding carboxylic acids is 2. The Morgan fingerprint density at radius 3 is 2.61 bits per heavy atom. The Morgan fingerprint density at radius 2 is 1.92 bits per heavy atom. The van der Waals surface area contributed by atoms with Crippen molar-refractivity contribution in [2.75, 3.05) is 17.9 Å². The van der Waals surface area contributed by atoms with Crippen LogP contribution in [0.4, 0.5) is 5.69 Å². The SMILES string of the molecule is CCc1ccc(NC(=O)C(CC)Sc2nc3ccsc3c(=O)n2NC(=O)c2cccc(OC)c2)cc1. The summed E-state index contributed by atoms with van der Waals surface area (Å²) in [5.74, 6) is -0.188. The lowest BCUT2D eigenvalue weighted by molar-refractivity contribution is -0.115. The molecule has 2 aromatic carbocycles. The molecule has 2 N–H and O–H groups in total. The second-order valence-corrected chi connectivity index (χ2v) is 9.98. The third kappa shape index (κ3) is 5.60. The first-order chi connectivity index (χ1) is 17.4. The van der Waals surface area contributed by atoms with Crippen molar-refractivity contribution in [3.05, 3.63) is 81.5 Å². The first-order valence-corrected chi connectivity index (χ1v) is 13.2. The maximum atomic E-state index is 13.3. The topological polar surface area (TPSA) is 102 Å². The molecule has 2 aromatic heterocycles. The highest BCUT2D eigenvalue weighted by molar-refractivity contribution is 8.00. The molecule has 2 heterocycles. The molecule has 10 heteroatoms. The summed E-state index contributed by atoms with van der Waals surface area (Å²) in [6, 6.07) is 16.1. The Balaban J connectivity index is 1.62. The van der Waals surface area contributed by atoms with Gasteiger partial charge < -0.3 is 10.1 Å². The van der Waals surface area contributed by atoms with E-state index in [1.54, 1.807) is 35.7 Å². The zero-order valence-electron chi connectivity index (χ0n) is 20.1. The standard InChI is InChI=1S/C26H26N4O4S2/c1-4-16-9-11-18(12-10-16)27-24(32)21(5-2)36-26-28-20-13-14-35-22(20)25(33)30(26)29-23(31)17-7-6-8-19(15-17)34-3/h6-15,21H,4-5H2,1-3H3,(H,27,32)(H,29,31). The molecule has 4 rings (SSSR count). The van der Waals surface area contributed by atoms with Crippen LogP contribution in [0, 0.1) is 0 Å². The van der Waals surface area contributed by atoms with Crippen LogP contribution in [0.1, 0.15) is 36.2 Å². The van der Waals surface area contributed by atoms with Gasteiger partial charge in [-0.3, -0.25) is 19.8 Å². The molecule has 0 aliphatic carbocycles. The van der Waals surface area contributed by atoms with E-state index in [4.69, 9.17) is 4.74 Å². The number of amides is 2. The number of rotatable bonds is 9. The summed E-state index contributed by atoms with van der Waals surface area (Å²) in [5.41, 5.74) is 4.97. The van der Waals surface area contributed by atoms with Gasteiger partial charge in [0, 0.05) is 11.3 Å². The zero-order chi connectivity index (χ0) is 25.7. The predicted octanol–water partition coefficient (Wildman–Crippen LogP) is 4.92. The molecule has 36 heavy (non-hydrogen) atoms. The average Bonchev–Trinajstić information content (AvgIpc) is 3.38. The molecule has 0 aliphatic rings. The van der Waals surface area contributed by atoms with Gasteiger partial charge in [0.2, 0.25) is 5.91 Å². The molecule has 186 valence electrons. The third-order valence-electron chi connectivity index (χ3n) is 5.54. The van der Waals surface area contributed by atoms with Crippen molar-refractivity contribution in [3.8, 4) is 5.75 Å². The number of nitrogens with one attached hydrogen (secondary N) is 2. The second kappa shape index (κ2) is 11.4. The van der Waals surface area contributed by atoms with E-state index >= 15 is 0 Å². The van der Waals surface area contributed by atoms with Crippen molar-refractivity contribution in [1.29, 1.82) is 0 Å². The largest absolute Gasteiger partial charge is 0.497 e. The van der Waals surface area contributed by atoms with E-state index in [1.165, 1.54) is 24.0 Å². The summed E-state index contributed by atoms with van der Waals surface area (Å²) in [4.78, 5) is 43.9. The van der Waals surface area contributed by atoms with E-state index in [2.05, 4.69) is 22.7 Å². The molecule has 0 fully saturated rings. The second-order valence-electron chi connectivity index (χ2n) is 7.90. The number of nitrogens with zero attached hydrogens (tertiary/aromatic N) is 2. The van der Waals surface area contributed by atoms with Gasteiger partial charge in [-0.2, -0.15) is 4.68 Å². The molecule has 8 nitrogen and oxygen atoms in total. The quantitative estimate of drug-likeness (QED) is 0.239. The molecule has 0 aliphatic heterocycles. The summed E-state index contributed by atoms with van der Waals surface area (Å²) >= 11 is 2.38. The Bertz CT molecular complexity index is 1450. The number of methoxy groups -OCH3 is 1. The van der Waals surface area contributed by atoms with Crippen molar-refractivity contribution < 1.29 is 14.3 Å². The van der Waals surface area contributed by atoms with Gasteiger partial charge in [-0.05, 0) is 60.2 Å². The van der Waals surface area contributed by atoms with E-state index in [0.717, 1.165) is 22.9 Å². The van der Waals surface area contributed by atoms with Crippen molar-refractivity contribution in [1.82, 2.24) is 9.66 Å². The van der Waals surface area contributed by atoms with Crippen LogP contribution in [0.2, 0.25) is 0 Å². The molecule has 2 amide bonds. The maximum absolute atomic E-state index is 13.3. The molecule has 0 bridgehead atoms. The van der Waals surface area contributed by atoms with Gasteiger partial charge in [-0.25, -0.2) is 4.98 Å². The number of carbonyl (C=O) groups is 2. The molecule has 0 radical (unpaired) electrons. The van der Waals surface area contributed by atoms with Crippen LogP contribution in [0.25, 0.3) is 10.2 Å². The minimum Gasteiger partial charge on any atom is -0.497 e. The number of thioether (sulfide) groups is 1. The summed E-state index contributed by atoms with van der Waals surface area (Å²) < 4.78 is 6.74. The lowest BCUT2D eigenvalue weighted by atomic mass is 10.1. The van der Waals surface area contributed by atoms with Gasteiger partial charge >= 0.3 is 0 Å². The minimum absolute atomic E-state index is 0.211. The van der Waals surface area contributed by atoms with Crippen molar-refractivity contribution >= 4 is 50.8 Å². The molecule has 1 atom stereocenters. The van der Waals surface area contributed by atoms with E-state index in [1.807, 2.05) is 31.2 Å². The molecule has 1 unspecified atom stereocenters. The van der Waals surface area contributed by atoms with E-state index in [9.17, 15) is 14.4 Å². The van der Waals surface area contributed by atoms with E-state index in [-0.39, 0.29) is 11.1 Å². The first kappa shape index (κ1) is 25.5. The third-order valence-corrected chi connectivity index (χ3v) is 7.74. The Hall–Kier alpha value is -3.63. The molecular weight excluding hydrogens is 496 g/mol. The number of aromatic nitrogens is 2. The molecule has 0 saturated heterocycles. The smallest absolute Gasteiger partial charge is 0.291 e. The fourth-order valence-corrected chi connectivity index (χ4v) is 5.23. The van der Waals surface area contributed by atoms with Gasteiger partial charge in [-0.15, -0.1) is 11.3 Å². The van der Waals surface area contributed by atoms with Crippen LogP contribution in [0.3, 0.4) is 0 Å². The number of ether oxygens (including phenoxy) is 1.